The highest BCUT2D eigenvalue weighted by molar-refractivity contribution is 7.88. The first-order valence-electron chi connectivity index (χ1n) is 11.9. The van der Waals surface area contributed by atoms with E-state index >= 15 is 0 Å². The van der Waals surface area contributed by atoms with Crippen LogP contribution >= 0.6 is 11.3 Å². The number of β-lactam (4-membered cyclic amide) rings is 1. The van der Waals surface area contributed by atoms with Crippen molar-refractivity contribution in [2.24, 2.45) is 5.16 Å². The molecule has 0 bridgehead atoms. The van der Waals surface area contributed by atoms with E-state index in [-0.39, 0.29) is 16.6 Å². The van der Waals surface area contributed by atoms with Crippen LogP contribution in [-0.4, -0.2) is 88.8 Å². The predicted octanol–water partition coefficient (Wildman–Crippen LogP) is -3.58. The number of quaternary nitrogens is 1. The van der Waals surface area contributed by atoms with E-state index in [2.05, 4.69) is 20.4 Å². The van der Waals surface area contributed by atoms with Crippen LogP contribution in [-0.2, 0) is 29.4 Å². The molecule has 0 saturated carbocycles. The lowest BCUT2D eigenvalue weighted by molar-refractivity contribution is -0.161. The minimum absolute atomic E-state index is 0.0846. The van der Waals surface area contributed by atoms with Gasteiger partial charge in [0.05, 0.1) is 5.38 Å². The first-order chi connectivity index (χ1) is 20.9. The number of likely N-dealkylation sites (tertiary alicyclic amines) is 1. The number of nitrogens with two attached hydrogens (primary N) is 1. The molecule has 11 N–H and O–H groups in total. The molecule has 2 atom stereocenters. The number of carboxylic acid groups (broad SMARTS) is 1. The molecule has 1 saturated heterocycles. The summed E-state index contributed by atoms with van der Waals surface area (Å²) < 4.78 is 25.1. The van der Waals surface area contributed by atoms with Crippen molar-refractivity contribution >= 4 is 74.5 Å². The van der Waals surface area contributed by atoms with Crippen molar-refractivity contribution in [3.05, 3.63) is 33.6 Å². The number of amides is 7. The van der Waals surface area contributed by atoms with Crippen LogP contribution in [0.2, 0.25) is 0 Å². The number of nitrogens with one attached hydrogen (secondary N) is 7. The third-order valence-electron chi connectivity index (χ3n) is 5.61. The number of oxime groups is 1. The SMILES string of the molecule is CC(C)(ON=CC(=O)N[C@H]1C[N+](C(=O)NS(=O)(=O)NNC(=O)NNC(=O)c2cc(=O)c(O)c[nH]2)(c2csc(N)n2)C1=O)C(=O)O. The van der Waals surface area contributed by atoms with Gasteiger partial charge in [0.25, 0.3) is 17.6 Å². The Labute approximate surface area is 254 Å². The van der Waals surface area contributed by atoms with Crippen molar-refractivity contribution in [3.8, 4) is 5.75 Å². The summed E-state index contributed by atoms with van der Waals surface area (Å²) in [6, 6.07) is -3.51. The first-order valence-corrected chi connectivity index (χ1v) is 14.3. The Balaban J connectivity index is 1.61. The quantitative estimate of drug-likeness (QED) is 0.0504. The van der Waals surface area contributed by atoms with Gasteiger partial charge in [-0.15, -0.1) is 9.31 Å². The van der Waals surface area contributed by atoms with Crippen LogP contribution < -0.4 is 46.8 Å². The molecule has 0 radical (unpaired) electrons. The zero-order valence-corrected chi connectivity index (χ0v) is 24.4. The first kappa shape index (κ1) is 33.8. The summed E-state index contributed by atoms with van der Waals surface area (Å²) in [5, 5.41) is 24.7. The van der Waals surface area contributed by atoms with Crippen molar-refractivity contribution < 1.29 is 52.2 Å². The number of hydrogen-bond acceptors (Lipinski definition) is 15. The molecule has 2 aromatic rings. The van der Waals surface area contributed by atoms with E-state index in [9.17, 15) is 47.1 Å². The van der Waals surface area contributed by atoms with Crippen molar-refractivity contribution in [2.45, 2.75) is 25.5 Å². The summed E-state index contributed by atoms with van der Waals surface area (Å²) in [5.41, 5.74) is 7.71. The maximum absolute atomic E-state index is 13.1. The highest BCUT2D eigenvalue weighted by Gasteiger charge is 2.64. The second kappa shape index (κ2) is 12.9. The minimum atomic E-state index is -4.94. The van der Waals surface area contributed by atoms with E-state index < -0.39 is 79.8 Å². The summed E-state index contributed by atoms with van der Waals surface area (Å²) in [6.07, 6.45) is 1.36. The predicted molar refractivity (Wildman–Crippen MR) is 150 cm³/mol. The van der Waals surface area contributed by atoms with Crippen LogP contribution in [0.1, 0.15) is 24.3 Å². The number of carbonyl (C=O) groups excluding carboxylic acids is 5. The maximum Gasteiger partial charge on any atom is 0.445 e. The standard InChI is InChI=1S/C20H23N11O12S2/c1-20(2,16(37)38)43-23-5-13(34)24-9-6-31(15(9)36,12-7-44-17(21)25-12)19(40)29-45(41,42)30-28-18(39)27-26-14(35)8-3-10(32)11(33)4-22-8/h3-5,7,9H,6H2,1-2H3,(H10-,21,22,23,24,25,26,27,28,29,30,32,33,34,35,37,38,39,40)/p+1/t9-,31?/m0/s1. The number of nitrogen functional groups attached to an aromatic ring is 1. The number of aromatic nitrogens is 2. The van der Waals surface area contributed by atoms with Crippen LogP contribution in [0.25, 0.3) is 0 Å². The molecule has 3 rings (SSSR count). The lowest BCUT2D eigenvalue weighted by atomic mass is 10.0. The van der Waals surface area contributed by atoms with Crippen molar-refractivity contribution in [1.82, 2.24) is 45.6 Å². The number of thiazole rings is 1. The van der Waals surface area contributed by atoms with Crippen molar-refractivity contribution in [1.29, 1.82) is 0 Å². The van der Waals surface area contributed by atoms with Crippen molar-refractivity contribution in [3.63, 3.8) is 0 Å². The van der Waals surface area contributed by atoms with Crippen LogP contribution in [0, 0.1) is 0 Å². The molecule has 1 fully saturated rings. The number of H-pyrrole nitrogens is 1. The number of hydrazine groups is 2. The summed E-state index contributed by atoms with van der Waals surface area (Å²) in [7, 11) is -4.94. The molecule has 1 aliphatic heterocycles. The number of imide groups is 1. The van der Waals surface area contributed by atoms with E-state index in [1.165, 1.54) is 14.9 Å². The van der Waals surface area contributed by atoms with Gasteiger partial charge in [-0.3, -0.25) is 25.2 Å². The number of nitrogens with zero attached hydrogens (tertiary/aromatic N) is 3. The number of aromatic amines is 1. The number of rotatable bonds is 10. The van der Waals surface area contributed by atoms with Crippen LogP contribution in [0.3, 0.4) is 0 Å². The van der Waals surface area contributed by atoms with Crippen LogP contribution in [0.15, 0.2) is 27.6 Å². The van der Waals surface area contributed by atoms with E-state index in [1.54, 1.807) is 10.9 Å². The molecule has 2 aromatic heterocycles. The Morgan fingerprint density at radius 1 is 1.22 bits per heavy atom. The maximum atomic E-state index is 13.1. The third-order valence-corrected chi connectivity index (χ3v) is 7.08. The molecule has 25 heteroatoms. The normalized spacial score (nSPS) is 17.9. The number of aromatic hydroxyl groups is 1. The largest absolute Gasteiger partial charge is 0.503 e. The summed E-state index contributed by atoms with van der Waals surface area (Å²) in [5.74, 6) is -5.47. The van der Waals surface area contributed by atoms with Gasteiger partial charge in [-0.25, -0.2) is 24.6 Å². The van der Waals surface area contributed by atoms with Gasteiger partial charge in [0.2, 0.25) is 11.0 Å². The molecule has 242 valence electrons. The lowest BCUT2D eigenvalue weighted by Crippen LogP contribution is -2.81. The molecular formula is C20H24N11O12S2+. The summed E-state index contributed by atoms with van der Waals surface area (Å²) in [6.45, 7) is 1.77. The molecule has 3 heterocycles. The van der Waals surface area contributed by atoms with Gasteiger partial charge >= 0.3 is 34.1 Å². The fourth-order valence-corrected chi connectivity index (χ4v) is 4.51. The number of urea groups is 2. The second-order valence-corrected chi connectivity index (χ2v) is 11.5. The van der Waals surface area contributed by atoms with Crippen LogP contribution in [0.5, 0.6) is 5.75 Å². The molecule has 1 aliphatic rings. The third kappa shape index (κ3) is 7.84. The molecule has 0 aliphatic carbocycles. The minimum Gasteiger partial charge on any atom is -0.503 e. The lowest BCUT2D eigenvalue weighted by Gasteiger charge is -2.41. The van der Waals surface area contributed by atoms with Gasteiger partial charge in [0.15, 0.2) is 16.9 Å². The molecule has 0 spiro atoms. The number of anilines is 1. The smallest absolute Gasteiger partial charge is 0.445 e. The Kier molecular flexibility index (Phi) is 9.71. The summed E-state index contributed by atoms with van der Waals surface area (Å²) in [4.78, 5) is 97.1. The molecule has 1 unspecified atom stereocenters. The van der Waals surface area contributed by atoms with Gasteiger partial charge in [-0.1, -0.05) is 16.5 Å². The zero-order valence-electron chi connectivity index (χ0n) is 22.8. The Morgan fingerprint density at radius 3 is 2.49 bits per heavy atom. The van der Waals surface area contributed by atoms with Gasteiger partial charge in [-0.05, 0) is 13.8 Å². The second-order valence-electron chi connectivity index (χ2n) is 9.22. The summed E-state index contributed by atoms with van der Waals surface area (Å²) >= 11 is 0.820. The number of carbonyl (C=O) groups is 6. The Bertz CT molecular complexity index is 1750. The van der Waals surface area contributed by atoms with Gasteiger partial charge in [0, 0.05) is 12.3 Å². The van der Waals surface area contributed by atoms with E-state index in [1.807, 2.05) is 5.43 Å². The van der Waals surface area contributed by atoms with E-state index in [4.69, 9.17) is 15.7 Å². The number of aliphatic carboxylic acids is 1. The number of hydrogen-bond donors (Lipinski definition) is 10. The molecule has 45 heavy (non-hydrogen) atoms. The van der Waals surface area contributed by atoms with Crippen LogP contribution in [0.4, 0.5) is 20.5 Å². The van der Waals surface area contributed by atoms with E-state index in [0.717, 1.165) is 37.4 Å². The van der Waals surface area contributed by atoms with Gasteiger partial charge in [0.1, 0.15) is 18.5 Å². The van der Waals surface area contributed by atoms with E-state index in [0.29, 0.717) is 6.21 Å². The fourth-order valence-electron chi connectivity index (χ4n) is 3.24. The molecule has 0 aromatic carbocycles. The number of carboxylic acids is 1. The number of pyridine rings is 1. The average Bonchev–Trinajstić information content (AvgIpc) is 3.39. The Hall–Kier alpha value is -5.66. The molecule has 7 amide bonds. The monoisotopic (exact) mass is 674 g/mol. The topological polar surface area (TPSA) is 343 Å². The zero-order chi connectivity index (χ0) is 33.7. The van der Waals surface area contributed by atoms with Crippen molar-refractivity contribution in [2.75, 3.05) is 12.3 Å². The molecular weight excluding hydrogens is 650 g/mol. The average molecular weight is 675 g/mol. The van der Waals surface area contributed by atoms with Gasteiger partial charge in [-0.2, -0.15) is 18.1 Å². The van der Waals surface area contributed by atoms with Gasteiger partial charge < -0.3 is 31.1 Å². The highest BCUT2D eigenvalue weighted by atomic mass is 32.2. The highest BCUT2D eigenvalue weighted by Crippen LogP contribution is 2.34. The Morgan fingerprint density at radius 2 is 1.91 bits per heavy atom. The fraction of sp³-hybridized carbons (Fsp3) is 0.250. The molecule has 23 nitrogen and oxygen atoms in total.